The fourth-order valence-electron chi connectivity index (χ4n) is 2.06. The van der Waals surface area contributed by atoms with Crippen molar-refractivity contribution >= 4 is 11.6 Å². The molecule has 2 rings (SSSR count). The number of hydrogen-bond acceptors (Lipinski definition) is 3. The second kappa shape index (κ2) is 6.52. The van der Waals surface area contributed by atoms with E-state index in [4.69, 9.17) is 0 Å². The van der Waals surface area contributed by atoms with E-state index < -0.39 is 11.6 Å². The van der Waals surface area contributed by atoms with Crippen molar-refractivity contribution in [2.75, 3.05) is 23.8 Å². The smallest absolute Gasteiger partial charge is 0.168 e. The molecule has 0 radical (unpaired) electrons. The van der Waals surface area contributed by atoms with Crippen molar-refractivity contribution in [1.82, 2.24) is 4.98 Å². The fourth-order valence-corrected chi connectivity index (χ4v) is 2.06. The summed E-state index contributed by atoms with van der Waals surface area (Å²) in [6, 6.07) is 8.84. The van der Waals surface area contributed by atoms with Gasteiger partial charge in [0.15, 0.2) is 23.3 Å². The second-order valence-electron chi connectivity index (χ2n) is 5.00. The molecule has 0 atom stereocenters. The lowest BCUT2D eigenvalue weighted by atomic mass is 10.1. The van der Waals surface area contributed by atoms with Gasteiger partial charge in [-0.3, -0.25) is 0 Å². The molecule has 1 heterocycles. The summed E-state index contributed by atoms with van der Waals surface area (Å²) in [5.74, 6) is -1.14. The number of rotatable bonds is 5. The van der Waals surface area contributed by atoms with E-state index in [9.17, 15) is 8.78 Å². The van der Waals surface area contributed by atoms with E-state index in [1.807, 2.05) is 38.1 Å². The first kappa shape index (κ1) is 15.2. The number of aromatic nitrogens is 1. The zero-order valence-corrected chi connectivity index (χ0v) is 12.5. The van der Waals surface area contributed by atoms with E-state index in [2.05, 4.69) is 10.3 Å². The first-order valence-corrected chi connectivity index (χ1v) is 6.88. The van der Waals surface area contributed by atoms with Gasteiger partial charge in [0.2, 0.25) is 0 Å². The molecule has 1 aromatic carbocycles. The van der Waals surface area contributed by atoms with Gasteiger partial charge >= 0.3 is 0 Å². The summed E-state index contributed by atoms with van der Waals surface area (Å²) in [5, 5.41) is 2.79. The molecule has 2 aromatic rings. The van der Waals surface area contributed by atoms with E-state index >= 15 is 0 Å². The Hall–Kier alpha value is -2.17. The molecule has 0 aliphatic carbocycles. The molecule has 0 bridgehead atoms. The third-order valence-corrected chi connectivity index (χ3v) is 3.16. The van der Waals surface area contributed by atoms with Gasteiger partial charge < -0.3 is 10.2 Å². The molecule has 0 aliphatic heterocycles. The van der Waals surface area contributed by atoms with Crippen LogP contribution in [0.4, 0.5) is 20.4 Å². The zero-order chi connectivity index (χ0) is 15.4. The maximum Gasteiger partial charge on any atom is 0.168 e. The van der Waals surface area contributed by atoms with Crippen LogP contribution in [-0.4, -0.2) is 18.6 Å². The van der Waals surface area contributed by atoms with Crippen molar-refractivity contribution in [2.45, 2.75) is 20.4 Å². The number of pyridine rings is 1. The highest BCUT2D eigenvalue weighted by molar-refractivity contribution is 5.49. The van der Waals surface area contributed by atoms with Crippen LogP contribution in [0, 0.1) is 18.6 Å². The molecule has 0 aliphatic rings. The Bertz CT molecular complexity index is 612. The summed E-state index contributed by atoms with van der Waals surface area (Å²) in [4.78, 5) is 5.71. The van der Waals surface area contributed by atoms with Crippen molar-refractivity contribution in [3.05, 3.63) is 53.1 Å². The predicted octanol–water partition coefficient (Wildman–Crippen LogP) is 3.74. The molecule has 112 valence electrons. The standard InChI is InChI=1S/C16H19F2N3/c1-4-19-15-13(17)9-14(18)16(20-15)21(3)10-12-7-5-11(2)6-8-12/h5-9H,4,10H2,1-3H3,(H,19,20). The molecule has 1 N–H and O–H groups in total. The van der Waals surface area contributed by atoms with Crippen molar-refractivity contribution in [3.8, 4) is 0 Å². The van der Waals surface area contributed by atoms with Gasteiger partial charge in [-0.2, -0.15) is 0 Å². The molecular weight excluding hydrogens is 272 g/mol. The highest BCUT2D eigenvalue weighted by atomic mass is 19.1. The van der Waals surface area contributed by atoms with Crippen LogP contribution in [-0.2, 0) is 6.54 Å². The first-order valence-electron chi connectivity index (χ1n) is 6.88. The Morgan fingerprint density at radius 3 is 2.43 bits per heavy atom. The monoisotopic (exact) mass is 291 g/mol. The van der Waals surface area contributed by atoms with Gasteiger partial charge in [0.05, 0.1) is 0 Å². The van der Waals surface area contributed by atoms with Crippen molar-refractivity contribution in [3.63, 3.8) is 0 Å². The fraction of sp³-hybridized carbons (Fsp3) is 0.312. The average Bonchev–Trinajstić information content (AvgIpc) is 2.44. The van der Waals surface area contributed by atoms with Crippen molar-refractivity contribution < 1.29 is 8.78 Å². The van der Waals surface area contributed by atoms with Crippen LogP contribution in [0.25, 0.3) is 0 Å². The van der Waals surface area contributed by atoms with Gasteiger partial charge in [0.25, 0.3) is 0 Å². The largest absolute Gasteiger partial charge is 0.368 e. The lowest BCUT2D eigenvalue weighted by Gasteiger charge is -2.20. The molecule has 0 unspecified atom stereocenters. The number of benzene rings is 1. The van der Waals surface area contributed by atoms with Crippen LogP contribution >= 0.6 is 0 Å². The Labute approximate surface area is 123 Å². The molecule has 0 saturated carbocycles. The van der Waals surface area contributed by atoms with Gasteiger partial charge in [-0.1, -0.05) is 29.8 Å². The van der Waals surface area contributed by atoms with Crippen LogP contribution in [0.15, 0.2) is 30.3 Å². The lowest BCUT2D eigenvalue weighted by molar-refractivity contribution is 0.572. The Morgan fingerprint density at radius 1 is 1.14 bits per heavy atom. The molecular formula is C16H19F2N3. The van der Waals surface area contributed by atoms with Crippen molar-refractivity contribution in [1.29, 1.82) is 0 Å². The number of aryl methyl sites for hydroxylation is 1. The Balaban J connectivity index is 2.23. The zero-order valence-electron chi connectivity index (χ0n) is 12.5. The summed E-state index contributed by atoms with van der Waals surface area (Å²) >= 11 is 0. The highest BCUT2D eigenvalue weighted by Gasteiger charge is 2.15. The normalized spacial score (nSPS) is 10.5. The third kappa shape index (κ3) is 3.68. The van der Waals surface area contributed by atoms with E-state index in [0.717, 1.165) is 11.6 Å². The van der Waals surface area contributed by atoms with Crippen LogP contribution < -0.4 is 10.2 Å². The van der Waals surface area contributed by atoms with Crippen LogP contribution in [0.1, 0.15) is 18.1 Å². The van der Waals surface area contributed by atoms with Gasteiger partial charge in [0.1, 0.15) is 0 Å². The van der Waals surface area contributed by atoms with Gasteiger partial charge in [-0.25, -0.2) is 13.8 Å². The molecule has 3 nitrogen and oxygen atoms in total. The molecule has 0 amide bonds. The minimum absolute atomic E-state index is 0.0738. The number of nitrogens with zero attached hydrogens (tertiary/aromatic N) is 2. The highest BCUT2D eigenvalue weighted by Crippen LogP contribution is 2.22. The number of nitrogens with one attached hydrogen (secondary N) is 1. The van der Waals surface area contributed by atoms with E-state index in [0.29, 0.717) is 13.1 Å². The van der Waals surface area contributed by atoms with Gasteiger partial charge in [-0.15, -0.1) is 0 Å². The molecule has 0 spiro atoms. The minimum Gasteiger partial charge on any atom is -0.368 e. The van der Waals surface area contributed by atoms with Crippen molar-refractivity contribution in [2.24, 2.45) is 0 Å². The van der Waals surface area contributed by atoms with E-state index in [1.54, 1.807) is 11.9 Å². The summed E-state index contributed by atoms with van der Waals surface area (Å²) < 4.78 is 27.5. The lowest BCUT2D eigenvalue weighted by Crippen LogP contribution is -2.20. The topological polar surface area (TPSA) is 28.2 Å². The van der Waals surface area contributed by atoms with E-state index in [-0.39, 0.29) is 11.6 Å². The molecule has 0 fully saturated rings. The molecule has 21 heavy (non-hydrogen) atoms. The third-order valence-electron chi connectivity index (χ3n) is 3.16. The second-order valence-corrected chi connectivity index (χ2v) is 5.00. The Kier molecular flexibility index (Phi) is 4.73. The average molecular weight is 291 g/mol. The number of anilines is 2. The van der Waals surface area contributed by atoms with E-state index in [1.165, 1.54) is 5.56 Å². The number of hydrogen-bond donors (Lipinski definition) is 1. The minimum atomic E-state index is -0.679. The maximum atomic E-state index is 13.9. The summed E-state index contributed by atoms with van der Waals surface area (Å²) in [6.45, 7) is 4.87. The summed E-state index contributed by atoms with van der Waals surface area (Å²) in [6.07, 6.45) is 0. The van der Waals surface area contributed by atoms with Crippen LogP contribution in [0.5, 0.6) is 0 Å². The maximum absolute atomic E-state index is 13.9. The molecule has 5 heteroatoms. The van der Waals surface area contributed by atoms with Gasteiger partial charge in [0, 0.05) is 26.2 Å². The predicted molar refractivity (Wildman–Crippen MR) is 81.6 cm³/mol. The first-order chi connectivity index (χ1) is 10.0. The van der Waals surface area contributed by atoms with Crippen LogP contribution in [0.2, 0.25) is 0 Å². The van der Waals surface area contributed by atoms with Crippen LogP contribution in [0.3, 0.4) is 0 Å². The number of halogens is 2. The summed E-state index contributed by atoms with van der Waals surface area (Å²) in [7, 11) is 1.74. The molecule has 0 saturated heterocycles. The quantitative estimate of drug-likeness (QED) is 0.909. The summed E-state index contributed by atoms with van der Waals surface area (Å²) in [5.41, 5.74) is 2.21. The SMILES string of the molecule is CCNc1nc(N(C)Cc2ccc(C)cc2)c(F)cc1F. The van der Waals surface area contributed by atoms with Gasteiger partial charge in [-0.05, 0) is 19.4 Å². The molecule has 1 aromatic heterocycles. The Morgan fingerprint density at radius 2 is 1.81 bits per heavy atom.